The second-order valence-electron chi connectivity index (χ2n) is 9.60. The van der Waals surface area contributed by atoms with Gasteiger partial charge in [-0.25, -0.2) is 0 Å². The highest BCUT2D eigenvalue weighted by molar-refractivity contribution is 6.10. The van der Waals surface area contributed by atoms with Crippen LogP contribution in [0, 0.1) is 0 Å². The van der Waals surface area contributed by atoms with Crippen LogP contribution in [0.25, 0.3) is 27.5 Å². The molecular weight excluding hydrogens is 474 g/mol. The molecule has 39 heavy (non-hydrogen) atoms. The molecule has 0 aliphatic rings. The van der Waals surface area contributed by atoms with Gasteiger partial charge in [0.15, 0.2) is 0 Å². The molecule has 7 aromatic rings. The summed E-state index contributed by atoms with van der Waals surface area (Å²) < 4.78 is 2.34. The first kappa shape index (κ1) is 22.9. The van der Waals surface area contributed by atoms with E-state index in [4.69, 9.17) is 0 Å². The van der Waals surface area contributed by atoms with E-state index in [0.29, 0.717) is 0 Å². The van der Waals surface area contributed by atoms with Crippen LogP contribution in [0.4, 0.5) is 28.4 Å². The smallest absolute Gasteiger partial charge is 0.0542 e. The molecule has 3 heteroatoms. The van der Waals surface area contributed by atoms with Gasteiger partial charge in [-0.05, 0) is 78.9 Å². The highest BCUT2D eigenvalue weighted by Crippen LogP contribution is 2.37. The van der Waals surface area contributed by atoms with Crippen LogP contribution < -0.4 is 10.2 Å². The molecule has 3 nitrogen and oxygen atoms in total. The lowest BCUT2D eigenvalue weighted by molar-refractivity contribution is 1.18. The summed E-state index contributed by atoms with van der Waals surface area (Å²) in [6, 6.07) is 55.4. The van der Waals surface area contributed by atoms with Crippen molar-refractivity contribution in [3.05, 3.63) is 158 Å². The SMILES string of the molecule is c1ccc(N(c2ccccc2)c2cccc(Nc3ccc4c(c3)c3ccccc3n4-c3ccccc3)c2)cc1. The van der Waals surface area contributed by atoms with Crippen molar-refractivity contribution in [3.8, 4) is 5.69 Å². The predicted octanol–water partition coefficient (Wildman–Crippen LogP) is 10.00. The molecule has 1 heterocycles. The minimum absolute atomic E-state index is 1.04. The lowest BCUT2D eigenvalue weighted by atomic mass is 10.1. The molecule has 0 aliphatic heterocycles. The summed E-state index contributed by atoms with van der Waals surface area (Å²) in [5.74, 6) is 0. The Morgan fingerprint density at radius 1 is 0.410 bits per heavy atom. The molecule has 0 amide bonds. The number of aromatic nitrogens is 1. The van der Waals surface area contributed by atoms with Gasteiger partial charge in [0.2, 0.25) is 0 Å². The number of para-hydroxylation sites is 4. The minimum atomic E-state index is 1.04. The molecule has 0 atom stereocenters. The third-order valence-electron chi connectivity index (χ3n) is 7.11. The Balaban J connectivity index is 1.29. The maximum Gasteiger partial charge on any atom is 0.0542 e. The van der Waals surface area contributed by atoms with Gasteiger partial charge >= 0.3 is 0 Å². The van der Waals surface area contributed by atoms with Gasteiger partial charge in [0.05, 0.1) is 11.0 Å². The number of nitrogens with zero attached hydrogens (tertiary/aromatic N) is 2. The van der Waals surface area contributed by atoms with Crippen molar-refractivity contribution in [1.29, 1.82) is 0 Å². The lowest BCUT2D eigenvalue weighted by Crippen LogP contribution is -2.09. The van der Waals surface area contributed by atoms with Crippen LogP contribution in [0.2, 0.25) is 0 Å². The Labute approximate surface area is 228 Å². The van der Waals surface area contributed by atoms with E-state index in [0.717, 1.165) is 28.4 Å². The van der Waals surface area contributed by atoms with Crippen molar-refractivity contribution in [3.63, 3.8) is 0 Å². The fourth-order valence-corrected chi connectivity index (χ4v) is 5.40. The number of anilines is 5. The molecule has 0 unspecified atom stereocenters. The summed E-state index contributed by atoms with van der Waals surface area (Å²) in [7, 11) is 0. The van der Waals surface area contributed by atoms with Crippen LogP contribution in [0.3, 0.4) is 0 Å². The van der Waals surface area contributed by atoms with Crippen LogP contribution in [0.1, 0.15) is 0 Å². The van der Waals surface area contributed by atoms with Crippen molar-refractivity contribution in [2.45, 2.75) is 0 Å². The highest BCUT2D eigenvalue weighted by atomic mass is 15.1. The van der Waals surface area contributed by atoms with Crippen molar-refractivity contribution < 1.29 is 0 Å². The second-order valence-corrected chi connectivity index (χ2v) is 9.60. The first-order valence-corrected chi connectivity index (χ1v) is 13.2. The molecule has 0 spiro atoms. The van der Waals surface area contributed by atoms with E-state index in [1.54, 1.807) is 0 Å². The topological polar surface area (TPSA) is 20.2 Å². The summed E-state index contributed by atoms with van der Waals surface area (Å²) in [5, 5.41) is 6.14. The first-order valence-electron chi connectivity index (χ1n) is 13.2. The molecule has 0 saturated carbocycles. The van der Waals surface area contributed by atoms with E-state index in [2.05, 4.69) is 173 Å². The van der Waals surface area contributed by atoms with E-state index in [9.17, 15) is 0 Å². The lowest BCUT2D eigenvalue weighted by Gasteiger charge is -2.26. The summed E-state index contributed by atoms with van der Waals surface area (Å²) in [5.41, 5.74) is 9.00. The number of hydrogen-bond acceptors (Lipinski definition) is 2. The van der Waals surface area contributed by atoms with Crippen LogP contribution in [-0.4, -0.2) is 4.57 Å². The molecule has 0 bridgehead atoms. The van der Waals surface area contributed by atoms with E-state index in [1.165, 1.54) is 27.5 Å². The van der Waals surface area contributed by atoms with Gasteiger partial charge in [-0.2, -0.15) is 0 Å². The highest BCUT2D eigenvalue weighted by Gasteiger charge is 2.14. The number of rotatable bonds is 6. The predicted molar refractivity (Wildman–Crippen MR) is 165 cm³/mol. The Bertz CT molecular complexity index is 1830. The summed E-state index contributed by atoms with van der Waals surface area (Å²) in [4.78, 5) is 2.28. The molecule has 1 aromatic heterocycles. The molecule has 186 valence electrons. The molecule has 0 radical (unpaired) electrons. The molecule has 7 rings (SSSR count). The van der Waals surface area contributed by atoms with E-state index < -0.39 is 0 Å². The van der Waals surface area contributed by atoms with Crippen LogP contribution in [0.15, 0.2) is 158 Å². The summed E-state index contributed by atoms with van der Waals surface area (Å²) >= 11 is 0. The monoisotopic (exact) mass is 501 g/mol. The third-order valence-corrected chi connectivity index (χ3v) is 7.11. The molecule has 6 aromatic carbocycles. The molecule has 0 fully saturated rings. The van der Waals surface area contributed by atoms with Gasteiger partial charge in [-0.3, -0.25) is 0 Å². The standard InChI is InChI=1S/C36H27N3/c1-4-14-29(15-5-1)38(30-16-6-2-7-17-30)32-20-12-13-27(25-32)37-28-23-24-36-34(26-28)33-21-10-11-22-35(33)39(36)31-18-8-3-9-19-31/h1-26,37H. The quantitative estimate of drug-likeness (QED) is 0.245. The molecular formula is C36H27N3. The van der Waals surface area contributed by atoms with Gasteiger partial charge in [0.25, 0.3) is 0 Å². The third kappa shape index (κ3) is 4.30. The van der Waals surface area contributed by atoms with Crippen molar-refractivity contribution in [2.24, 2.45) is 0 Å². The van der Waals surface area contributed by atoms with Crippen molar-refractivity contribution >= 4 is 50.2 Å². The zero-order valence-corrected chi connectivity index (χ0v) is 21.4. The molecule has 1 N–H and O–H groups in total. The van der Waals surface area contributed by atoms with Crippen molar-refractivity contribution in [2.75, 3.05) is 10.2 Å². The Kier molecular flexibility index (Phi) is 5.80. The zero-order chi connectivity index (χ0) is 26.0. The number of benzene rings is 6. The molecule has 0 aliphatic carbocycles. The number of hydrogen-bond donors (Lipinski definition) is 1. The van der Waals surface area contributed by atoms with Crippen LogP contribution in [0.5, 0.6) is 0 Å². The fraction of sp³-hybridized carbons (Fsp3) is 0. The first-order chi connectivity index (χ1) is 19.3. The Hall–Kier alpha value is -5.28. The molecule has 0 saturated heterocycles. The van der Waals surface area contributed by atoms with E-state index >= 15 is 0 Å². The van der Waals surface area contributed by atoms with Crippen molar-refractivity contribution in [1.82, 2.24) is 4.57 Å². The van der Waals surface area contributed by atoms with E-state index in [1.807, 2.05) is 0 Å². The van der Waals surface area contributed by atoms with E-state index in [-0.39, 0.29) is 0 Å². The maximum absolute atomic E-state index is 3.67. The number of nitrogens with one attached hydrogen (secondary N) is 1. The van der Waals surface area contributed by atoms with Crippen LogP contribution in [-0.2, 0) is 0 Å². The minimum Gasteiger partial charge on any atom is -0.355 e. The average Bonchev–Trinajstić information content (AvgIpc) is 3.33. The fourth-order valence-electron chi connectivity index (χ4n) is 5.40. The largest absolute Gasteiger partial charge is 0.355 e. The Morgan fingerprint density at radius 3 is 1.69 bits per heavy atom. The maximum atomic E-state index is 3.67. The van der Waals surface area contributed by atoms with Gasteiger partial charge < -0.3 is 14.8 Å². The average molecular weight is 502 g/mol. The number of fused-ring (bicyclic) bond motifs is 3. The zero-order valence-electron chi connectivity index (χ0n) is 21.4. The summed E-state index contributed by atoms with van der Waals surface area (Å²) in [6.45, 7) is 0. The van der Waals surface area contributed by atoms with Crippen LogP contribution >= 0.6 is 0 Å². The Morgan fingerprint density at radius 2 is 0.974 bits per heavy atom. The van der Waals surface area contributed by atoms with Gasteiger partial charge in [-0.1, -0.05) is 78.9 Å². The normalized spacial score (nSPS) is 11.1. The van der Waals surface area contributed by atoms with Gasteiger partial charge in [-0.15, -0.1) is 0 Å². The summed E-state index contributed by atoms with van der Waals surface area (Å²) in [6.07, 6.45) is 0. The second kappa shape index (κ2) is 9.88. The van der Waals surface area contributed by atoms with Gasteiger partial charge in [0.1, 0.15) is 0 Å². The van der Waals surface area contributed by atoms with Gasteiger partial charge in [0, 0.05) is 44.9 Å².